The Kier molecular flexibility index (Phi) is 4.90. The molecule has 1 saturated carbocycles. The minimum atomic E-state index is -3.36. The Morgan fingerprint density at radius 3 is 2.70 bits per heavy atom. The maximum Gasteiger partial charge on any atom is 0.237 e. The van der Waals surface area contributed by atoms with Gasteiger partial charge in [0.05, 0.1) is 11.9 Å². The van der Waals surface area contributed by atoms with Crippen molar-refractivity contribution in [1.82, 2.24) is 4.31 Å². The summed E-state index contributed by atoms with van der Waals surface area (Å²) in [6, 6.07) is 7.78. The zero-order valence-electron chi connectivity index (χ0n) is 13.2. The lowest BCUT2D eigenvalue weighted by atomic mass is 10.1. The van der Waals surface area contributed by atoms with Gasteiger partial charge in [0, 0.05) is 13.0 Å². The SMILES string of the molecule is O=C(CCc1cccc(OC2CCCC2)c1)N1CCCS1(=O)=O. The highest BCUT2D eigenvalue weighted by Crippen LogP contribution is 2.25. The van der Waals surface area contributed by atoms with E-state index in [1.807, 2.05) is 24.3 Å². The number of ether oxygens (including phenoxy) is 1. The van der Waals surface area contributed by atoms with Gasteiger partial charge in [0.25, 0.3) is 0 Å². The molecule has 0 aromatic heterocycles. The summed E-state index contributed by atoms with van der Waals surface area (Å²) in [6.07, 6.45) is 6.26. The zero-order valence-corrected chi connectivity index (χ0v) is 14.1. The Balaban J connectivity index is 1.56. The number of aryl methyl sites for hydroxylation is 1. The molecule has 1 heterocycles. The smallest absolute Gasteiger partial charge is 0.237 e. The molecule has 0 unspecified atom stereocenters. The number of hydrogen-bond donors (Lipinski definition) is 0. The van der Waals surface area contributed by atoms with E-state index in [-0.39, 0.29) is 18.1 Å². The van der Waals surface area contributed by atoms with E-state index in [2.05, 4.69) is 0 Å². The largest absolute Gasteiger partial charge is 0.490 e. The standard InChI is InChI=1S/C17H23NO4S/c19-17(18-11-4-12-23(18,20)21)10-9-14-5-3-8-16(13-14)22-15-6-1-2-7-15/h3,5,8,13,15H,1-2,4,6-7,9-12H2. The molecule has 1 aromatic carbocycles. The minimum absolute atomic E-state index is 0.0868. The minimum Gasteiger partial charge on any atom is -0.490 e. The normalized spacial score (nSPS) is 20.8. The Labute approximate surface area is 137 Å². The van der Waals surface area contributed by atoms with Crippen LogP contribution in [0.3, 0.4) is 0 Å². The van der Waals surface area contributed by atoms with Gasteiger partial charge in [0.1, 0.15) is 5.75 Å². The molecule has 0 spiro atoms. The van der Waals surface area contributed by atoms with E-state index in [4.69, 9.17) is 4.74 Å². The molecule has 1 aliphatic heterocycles. The molecule has 0 atom stereocenters. The maximum atomic E-state index is 12.1. The van der Waals surface area contributed by atoms with Crippen LogP contribution in [0.5, 0.6) is 5.75 Å². The Morgan fingerprint density at radius 1 is 1.22 bits per heavy atom. The van der Waals surface area contributed by atoms with Gasteiger partial charge in [-0.15, -0.1) is 0 Å². The van der Waals surface area contributed by atoms with E-state index in [9.17, 15) is 13.2 Å². The van der Waals surface area contributed by atoms with Gasteiger partial charge in [0.2, 0.25) is 15.9 Å². The van der Waals surface area contributed by atoms with Gasteiger partial charge in [-0.2, -0.15) is 0 Å². The molecular formula is C17H23NO4S. The van der Waals surface area contributed by atoms with E-state index in [1.165, 1.54) is 12.8 Å². The summed E-state index contributed by atoms with van der Waals surface area (Å²) in [7, 11) is -3.36. The number of carbonyl (C=O) groups excluding carboxylic acids is 1. The van der Waals surface area contributed by atoms with Crippen LogP contribution >= 0.6 is 0 Å². The predicted molar refractivity (Wildman–Crippen MR) is 87.8 cm³/mol. The van der Waals surface area contributed by atoms with E-state index in [0.717, 1.165) is 28.5 Å². The molecule has 2 fully saturated rings. The molecular weight excluding hydrogens is 314 g/mol. The van der Waals surface area contributed by atoms with Crippen LogP contribution in [0.25, 0.3) is 0 Å². The molecule has 23 heavy (non-hydrogen) atoms. The van der Waals surface area contributed by atoms with Crippen LogP contribution in [0.15, 0.2) is 24.3 Å². The van der Waals surface area contributed by atoms with Crippen LogP contribution < -0.4 is 4.74 Å². The average molecular weight is 337 g/mol. The first kappa shape index (κ1) is 16.3. The van der Waals surface area contributed by atoms with E-state index < -0.39 is 10.0 Å². The number of hydrogen-bond acceptors (Lipinski definition) is 4. The molecule has 1 saturated heterocycles. The lowest BCUT2D eigenvalue weighted by molar-refractivity contribution is -0.126. The third kappa shape index (κ3) is 4.05. The van der Waals surface area contributed by atoms with Crippen LogP contribution in [-0.4, -0.2) is 37.0 Å². The summed E-state index contributed by atoms with van der Waals surface area (Å²) in [5, 5.41) is 0. The monoisotopic (exact) mass is 337 g/mol. The average Bonchev–Trinajstić information content (AvgIpc) is 3.14. The van der Waals surface area contributed by atoms with Gasteiger partial charge >= 0.3 is 0 Å². The third-order valence-corrected chi connectivity index (χ3v) is 6.37. The molecule has 5 nitrogen and oxygen atoms in total. The van der Waals surface area contributed by atoms with Gasteiger partial charge in [-0.3, -0.25) is 4.79 Å². The lowest BCUT2D eigenvalue weighted by Gasteiger charge is -2.15. The fourth-order valence-corrected chi connectivity index (χ4v) is 4.79. The van der Waals surface area contributed by atoms with Crippen molar-refractivity contribution < 1.29 is 17.9 Å². The van der Waals surface area contributed by atoms with Gasteiger partial charge in [0.15, 0.2) is 0 Å². The first-order valence-electron chi connectivity index (χ1n) is 8.33. The summed E-state index contributed by atoms with van der Waals surface area (Å²) in [4.78, 5) is 12.1. The molecule has 1 aromatic rings. The number of benzene rings is 1. The number of nitrogens with zero attached hydrogens (tertiary/aromatic N) is 1. The topological polar surface area (TPSA) is 63.7 Å². The van der Waals surface area contributed by atoms with Crippen molar-refractivity contribution in [3.05, 3.63) is 29.8 Å². The number of sulfonamides is 1. The van der Waals surface area contributed by atoms with Crippen molar-refractivity contribution in [2.24, 2.45) is 0 Å². The van der Waals surface area contributed by atoms with Crippen molar-refractivity contribution in [2.45, 2.75) is 51.0 Å². The highest BCUT2D eigenvalue weighted by atomic mass is 32.2. The summed E-state index contributed by atoms with van der Waals surface area (Å²) >= 11 is 0. The Morgan fingerprint density at radius 2 is 2.00 bits per heavy atom. The van der Waals surface area contributed by atoms with Gasteiger partial charge < -0.3 is 4.74 Å². The molecule has 1 amide bonds. The summed E-state index contributed by atoms with van der Waals surface area (Å²) in [5.74, 6) is 0.629. The maximum absolute atomic E-state index is 12.1. The van der Waals surface area contributed by atoms with Crippen molar-refractivity contribution in [3.63, 3.8) is 0 Å². The second-order valence-electron chi connectivity index (χ2n) is 6.31. The fourth-order valence-electron chi connectivity index (χ4n) is 3.27. The summed E-state index contributed by atoms with van der Waals surface area (Å²) in [5.41, 5.74) is 1.01. The van der Waals surface area contributed by atoms with E-state index in [0.29, 0.717) is 25.5 Å². The van der Waals surface area contributed by atoms with Crippen LogP contribution in [-0.2, 0) is 21.2 Å². The van der Waals surface area contributed by atoms with Crippen LogP contribution in [0, 0.1) is 0 Å². The van der Waals surface area contributed by atoms with Crippen LogP contribution in [0.4, 0.5) is 0 Å². The summed E-state index contributed by atoms with van der Waals surface area (Å²) in [6.45, 7) is 0.325. The quantitative estimate of drug-likeness (QED) is 0.828. The Hall–Kier alpha value is -1.56. The highest BCUT2D eigenvalue weighted by molar-refractivity contribution is 7.89. The Bertz CT molecular complexity index is 665. The van der Waals surface area contributed by atoms with Crippen molar-refractivity contribution in [1.29, 1.82) is 0 Å². The molecule has 0 bridgehead atoms. The lowest BCUT2D eigenvalue weighted by Crippen LogP contribution is -2.32. The van der Waals surface area contributed by atoms with E-state index in [1.54, 1.807) is 0 Å². The molecule has 3 rings (SSSR count). The second kappa shape index (κ2) is 6.91. The first-order chi connectivity index (χ1) is 11.0. The van der Waals surface area contributed by atoms with Crippen molar-refractivity contribution in [2.75, 3.05) is 12.3 Å². The molecule has 6 heteroatoms. The number of carbonyl (C=O) groups is 1. The molecule has 0 N–H and O–H groups in total. The van der Waals surface area contributed by atoms with Gasteiger partial charge in [-0.25, -0.2) is 12.7 Å². The zero-order chi connectivity index (χ0) is 16.3. The van der Waals surface area contributed by atoms with Crippen molar-refractivity contribution >= 4 is 15.9 Å². The van der Waals surface area contributed by atoms with Crippen LogP contribution in [0.2, 0.25) is 0 Å². The molecule has 1 aliphatic carbocycles. The number of rotatable bonds is 5. The fraction of sp³-hybridized carbons (Fsp3) is 0.588. The van der Waals surface area contributed by atoms with Crippen LogP contribution in [0.1, 0.15) is 44.1 Å². The molecule has 0 radical (unpaired) electrons. The predicted octanol–water partition coefficient (Wildman–Crippen LogP) is 2.50. The third-order valence-electron chi connectivity index (χ3n) is 4.51. The summed E-state index contributed by atoms with van der Waals surface area (Å²) < 4.78 is 30.5. The van der Waals surface area contributed by atoms with Gasteiger partial charge in [-0.1, -0.05) is 12.1 Å². The first-order valence-corrected chi connectivity index (χ1v) is 9.94. The second-order valence-corrected chi connectivity index (χ2v) is 8.32. The van der Waals surface area contributed by atoms with Crippen molar-refractivity contribution in [3.8, 4) is 5.75 Å². The van der Waals surface area contributed by atoms with E-state index >= 15 is 0 Å². The van der Waals surface area contributed by atoms with Gasteiger partial charge in [-0.05, 0) is 56.2 Å². The molecule has 126 valence electrons. The number of amides is 1. The molecule has 2 aliphatic rings. The highest BCUT2D eigenvalue weighted by Gasteiger charge is 2.31.